The molecule has 0 aliphatic carbocycles. The van der Waals surface area contributed by atoms with Crippen molar-refractivity contribution in [1.29, 1.82) is 0 Å². The van der Waals surface area contributed by atoms with E-state index in [0.717, 1.165) is 12.1 Å². The standard InChI is InChI=1S/C13H14N2O3/c1-2-15-8-10(7-14-15)9-18-12-6-4-3-5-11(12)13(16)17/h3-8H,2,9H2,1H3,(H,16,17). The molecule has 18 heavy (non-hydrogen) atoms. The maximum absolute atomic E-state index is 11.0. The molecule has 0 aliphatic rings. The zero-order valence-corrected chi connectivity index (χ0v) is 10.0. The number of carbonyl (C=O) groups is 1. The molecule has 1 N–H and O–H groups in total. The van der Waals surface area contributed by atoms with E-state index in [4.69, 9.17) is 9.84 Å². The number of carboxylic acid groups (broad SMARTS) is 1. The van der Waals surface area contributed by atoms with Crippen LogP contribution in [0.3, 0.4) is 0 Å². The smallest absolute Gasteiger partial charge is 0.339 e. The largest absolute Gasteiger partial charge is 0.488 e. The van der Waals surface area contributed by atoms with Crippen molar-refractivity contribution in [2.24, 2.45) is 0 Å². The van der Waals surface area contributed by atoms with Gasteiger partial charge in [0.15, 0.2) is 0 Å². The van der Waals surface area contributed by atoms with Gasteiger partial charge in [0.2, 0.25) is 0 Å². The van der Waals surface area contributed by atoms with Crippen LogP contribution in [-0.2, 0) is 13.2 Å². The minimum absolute atomic E-state index is 0.167. The van der Waals surface area contributed by atoms with Gasteiger partial charge in [0, 0.05) is 18.3 Å². The molecule has 1 heterocycles. The van der Waals surface area contributed by atoms with Gasteiger partial charge in [0.25, 0.3) is 0 Å². The first-order valence-corrected chi connectivity index (χ1v) is 5.67. The molecule has 0 radical (unpaired) electrons. The number of carboxylic acids is 1. The summed E-state index contributed by atoms with van der Waals surface area (Å²) in [6, 6.07) is 6.59. The Balaban J connectivity index is 2.08. The fourth-order valence-electron chi connectivity index (χ4n) is 1.58. The van der Waals surface area contributed by atoms with Crippen molar-refractivity contribution in [1.82, 2.24) is 9.78 Å². The van der Waals surface area contributed by atoms with Gasteiger partial charge in [-0.05, 0) is 19.1 Å². The first-order valence-electron chi connectivity index (χ1n) is 5.67. The van der Waals surface area contributed by atoms with Gasteiger partial charge < -0.3 is 9.84 Å². The Morgan fingerprint density at radius 3 is 2.89 bits per heavy atom. The van der Waals surface area contributed by atoms with Crippen molar-refractivity contribution in [3.8, 4) is 5.75 Å². The van der Waals surface area contributed by atoms with Crippen molar-refractivity contribution in [3.63, 3.8) is 0 Å². The molecule has 1 aromatic carbocycles. The minimum Gasteiger partial charge on any atom is -0.488 e. The third-order valence-corrected chi connectivity index (χ3v) is 2.52. The fraction of sp³-hybridized carbons (Fsp3) is 0.231. The van der Waals surface area contributed by atoms with E-state index in [2.05, 4.69) is 5.10 Å². The number of benzene rings is 1. The SMILES string of the molecule is CCn1cc(COc2ccccc2C(=O)O)cn1. The summed E-state index contributed by atoms with van der Waals surface area (Å²) < 4.78 is 7.30. The lowest BCUT2D eigenvalue weighted by atomic mass is 10.2. The number of hydrogen-bond donors (Lipinski definition) is 1. The lowest BCUT2D eigenvalue weighted by molar-refractivity contribution is 0.0692. The van der Waals surface area contributed by atoms with Crippen LogP contribution in [0.15, 0.2) is 36.7 Å². The number of aryl methyl sites for hydroxylation is 1. The first kappa shape index (κ1) is 12.2. The topological polar surface area (TPSA) is 64.3 Å². The van der Waals surface area contributed by atoms with Crippen LogP contribution in [0.25, 0.3) is 0 Å². The van der Waals surface area contributed by atoms with E-state index in [1.807, 2.05) is 13.1 Å². The third kappa shape index (κ3) is 2.68. The molecular formula is C13H14N2O3. The van der Waals surface area contributed by atoms with E-state index in [9.17, 15) is 4.79 Å². The number of ether oxygens (including phenoxy) is 1. The van der Waals surface area contributed by atoms with E-state index >= 15 is 0 Å². The van der Waals surface area contributed by atoms with Gasteiger partial charge >= 0.3 is 5.97 Å². The Hall–Kier alpha value is -2.30. The predicted octanol–water partition coefficient (Wildman–Crippen LogP) is 2.18. The van der Waals surface area contributed by atoms with Crippen LogP contribution in [-0.4, -0.2) is 20.9 Å². The number of hydrogen-bond acceptors (Lipinski definition) is 3. The lowest BCUT2D eigenvalue weighted by Gasteiger charge is -2.07. The highest BCUT2D eigenvalue weighted by Gasteiger charge is 2.10. The van der Waals surface area contributed by atoms with E-state index in [0.29, 0.717) is 12.4 Å². The number of nitrogens with zero attached hydrogens (tertiary/aromatic N) is 2. The molecule has 94 valence electrons. The lowest BCUT2D eigenvalue weighted by Crippen LogP contribution is -2.02. The number of aromatic carboxylic acids is 1. The molecule has 5 heteroatoms. The van der Waals surface area contributed by atoms with Gasteiger partial charge in [-0.15, -0.1) is 0 Å². The molecule has 0 saturated carbocycles. The van der Waals surface area contributed by atoms with Crippen LogP contribution in [0.1, 0.15) is 22.8 Å². The monoisotopic (exact) mass is 246 g/mol. The maximum Gasteiger partial charge on any atom is 0.339 e. The van der Waals surface area contributed by atoms with Crippen molar-refractivity contribution < 1.29 is 14.6 Å². The average molecular weight is 246 g/mol. The van der Waals surface area contributed by atoms with Crippen molar-refractivity contribution >= 4 is 5.97 Å². The molecule has 2 rings (SSSR count). The van der Waals surface area contributed by atoms with E-state index in [1.165, 1.54) is 6.07 Å². The maximum atomic E-state index is 11.0. The fourth-order valence-corrected chi connectivity index (χ4v) is 1.58. The van der Waals surface area contributed by atoms with Gasteiger partial charge in [-0.3, -0.25) is 4.68 Å². The summed E-state index contributed by atoms with van der Waals surface area (Å²) in [5.74, 6) is -0.621. The predicted molar refractivity (Wildman–Crippen MR) is 65.6 cm³/mol. The van der Waals surface area contributed by atoms with Crippen molar-refractivity contribution in [2.45, 2.75) is 20.1 Å². The summed E-state index contributed by atoms with van der Waals surface area (Å²) in [4.78, 5) is 11.0. The Labute approximate surface area is 105 Å². The summed E-state index contributed by atoms with van der Waals surface area (Å²) in [5.41, 5.74) is 1.08. The van der Waals surface area contributed by atoms with Gasteiger partial charge in [0.05, 0.1) is 6.20 Å². The third-order valence-electron chi connectivity index (χ3n) is 2.52. The Morgan fingerprint density at radius 1 is 1.44 bits per heavy atom. The highest BCUT2D eigenvalue weighted by molar-refractivity contribution is 5.90. The average Bonchev–Trinajstić information content (AvgIpc) is 2.84. The molecule has 0 unspecified atom stereocenters. The van der Waals surface area contributed by atoms with E-state index in [1.54, 1.807) is 29.1 Å². The van der Waals surface area contributed by atoms with Crippen molar-refractivity contribution in [2.75, 3.05) is 0 Å². The summed E-state index contributed by atoms with van der Waals surface area (Å²) in [7, 11) is 0. The summed E-state index contributed by atoms with van der Waals surface area (Å²) in [6.45, 7) is 3.10. The van der Waals surface area contributed by atoms with Gasteiger partial charge in [-0.25, -0.2) is 4.79 Å². The molecule has 0 atom stereocenters. The molecule has 2 aromatic rings. The first-order chi connectivity index (χ1) is 8.70. The number of rotatable bonds is 5. The van der Waals surface area contributed by atoms with E-state index in [-0.39, 0.29) is 5.56 Å². The molecule has 0 aliphatic heterocycles. The zero-order valence-electron chi connectivity index (χ0n) is 10.0. The molecule has 5 nitrogen and oxygen atoms in total. The Kier molecular flexibility index (Phi) is 3.62. The van der Waals surface area contributed by atoms with Crippen molar-refractivity contribution in [3.05, 3.63) is 47.8 Å². The second-order valence-corrected chi connectivity index (χ2v) is 3.79. The van der Waals surface area contributed by atoms with Crippen LogP contribution in [0.5, 0.6) is 5.75 Å². The quantitative estimate of drug-likeness (QED) is 0.878. The minimum atomic E-state index is -0.991. The van der Waals surface area contributed by atoms with Gasteiger partial charge in [-0.2, -0.15) is 5.10 Å². The van der Waals surface area contributed by atoms with Crippen LogP contribution in [0, 0.1) is 0 Å². The molecule has 0 saturated heterocycles. The van der Waals surface area contributed by atoms with Gasteiger partial charge in [-0.1, -0.05) is 12.1 Å². The summed E-state index contributed by atoms with van der Waals surface area (Å²) >= 11 is 0. The van der Waals surface area contributed by atoms with Crippen LogP contribution < -0.4 is 4.74 Å². The van der Waals surface area contributed by atoms with Crippen LogP contribution in [0.4, 0.5) is 0 Å². The second-order valence-electron chi connectivity index (χ2n) is 3.79. The van der Waals surface area contributed by atoms with Crippen LogP contribution in [0.2, 0.25) is 0 Å². The number of para-hydroxylation sites is 1. The molecule has 0 bridgehead atoms. The zero-order chi connectivity index (χ0) is 13.0. The molecular weight excluding hydrogens is 232 g/mol. The summed E-state index contributed by atoms with van der Waals surface area (Å²) in [5, 5.41) is 13.1. The van der Waals surface area contributed by atoms with Gasteiger partial charge in [0.1, 0.15) is 17.9 Å². The molecule has 0 spiro atoms. The highest BCUT2D eigenvalue weighted by Crippen LogP contribution is 2.19. The Morgan fingerprint density at radius 2 is 2.22 bits per heavy atom. The second kappa shape index (κ2) is 5.35. The normalized spacial score (nSPS) is 10.3. The Bertz CT molecular complexity index is 549. The van der Waals surface area contributed by atoms with Crippen LogP contribution >= 0.6 is 0 Å². The molecule has 0 amide bonds. The van der Waals surface area contributed by atoms with E-state index < -0.39 is 5.97 Å². The summed E-state index contributed by atoms with van der Waals surface area (Å²) in [6.07, 6.45) is 3.59. The molecule has 1 aromatic heterocycles. The highest BCUT2D eigenvalue weighted by atomic mass is 16.5. The molecule has 0 fully saturated rings. The number of aromatic nitrogens is 2.